The molecule has 140 valence electrons. The van der Waals surface area contributed by atoms with Crippen LogP contribution in [0.15, 0.2) is 64.5 Å². The zero-order valence-corrected chi connectivity index (χ0v) is 15.5. The van der Waals surface area contributed by atoms with Crippen LogP contribution in [0.1, 0.15) is 15.9 Å². The first-order valence-corrected chi connectivity index (χ1v) is 9.36. The summed E-state index contributed by atoms with van der Waals surface area (Å²) in [5.41, 5.74) is 8.43. The van der Waals surface area contributed by atoms with Gasteiger partial charge in [-0.15, -0.1) is 11.3 Å². The maximum atomic E-state index is 12.1. The van der Waals surface area contributed by atoms with Crippen LogP contribution in [0.4, 0.5) is 9.80 Å². The normalized spacial score (nSPS) is 10.7. The highest BCUT2D eigenvalue weighted by molar-refractivity contribution is 7.14. The number of rotatable bonds is 5. The molecule has 4 rings (SSSR count). The molecule has 0 aliphatic heterocycles. The van der Waals surface area contributed by atoms with Crippen molar-refractivity contribution in [2.75, 3.05) is 5.32 Å². The predicted octanol–water partition coefficient (Wildman–Crippen LogP) is 3.98. The highest BCUT2D eigenvalue weighted by Gasteiger charge is 2.19. The maximum Gasteiger partial charge on any atom is 0.320 e. The van der Waals surface area contributed by atoms with E-state index in [1.807, 2.05) is 41.8 Å². The number of nitrogens with one attached hydrogen (secondary N) is 2. The van der Waals surface area contributed by atoms with E-state index in [4.69, 9.17) is 10.3 Å². The molecule has 2 aromatic carbocycles. The van der Waals surface area contributed by atoms with Crippen LogP contribution in [0.3, 0.4) is 0 Å². The minimum absolute atomic E-state index is 0.278. The van der Waals surface area contributed by atoms with Gasteiger partial charge in [-0.3, -0.25) is 10.1 Å². The zero-order valence-electron chi connectivity index (χ0n) is 14.6. The van der Waals surface area contributed by atoms with Crippen LogP contribution in [0, 0.1) is 0 Å². The first kappa shape index (κ1) is 17.7. The summed E-state index contributed by atoms with van der Waals surface area (Å²) in [7, 11) is 0. The monoisotopic (exact) mass is 392 g/mol. The molecule has 0 unspecified atom stereocenters. The minimum atomic E-state index is -0.555. The number of amides is 3. The molecule has 7 nitrogen and oxygen atoms in total. The number of anilines is 1. The summed E-state index contributed by atoms with van der Waals surface area (Å²) >= 11 is 1.44. The van der Waals surface area contributed by atoms with Gasteiger partial charge in [0.2, 0.25) is 5.91 Å². The maximum absolute atomic E-state index is 12.1. The van der Waals surface area contributed by atoms with Gasteiger partial charge in [-0.1, -0.05) is 35.5 Å². The first-order chi connectivity index (χ1) is 13.6. The fraction of sp³-hybridized carbons (Fsp3) is 0.0500. The van der Waals surface area contributed by atoms with Gasteiger partial charge in [0.15, 0.2) is 5.58 Å². The number of urea groups is 1. The Hall–Kier alpha value is -3.65. The molecule has 0 fully saturated rings. The Labute approximate surface area is 164 Å². The number of fused-ring (bicyclic) bond motifs is 1. The van der Waals surface area contributed by atoms with Crippen LogP contribution < -0.4 is 16.4 Å². The van der Waals surface area contributed by atoms with E-state index in [0.717, 1.165) is 16.1 Å². The van der Waals surface area contributed by atoms with Gasteiger partial charge in [0, 0.05) is 12.1 Å². The number of nitrogens with zero attached hydrogens (tertiary/aromatic N) is 1. The number of thiophene rings is 1. The summed E-state index contributed by atoms with van der Waals surface area (Å²) in [6.07, 6.45) is 0. The van der Waals surface area contributed by atoms with E-state index in [-0.39, 0.29) is 12.6 Å². The third-order valence-electron chi connectivity index (χ3n) is 4.23. The second-order valence-corrected chi connectivity index (χ2v) is 6.96. The lowest BCUT2D eigenvalue weighted by molar-refractivity contribution is 0.100. The molecule has 0 aliphatic rings. The van der Waals surface area contributed by atoms with Crippen LogP contribution in [0.2, 0.25) is 0 Å². The molecule has 0 bridgehead atoms. The standard InChI is InChI=1S/C20H16N4O3S/c21-19(25)14-7-3-8-15-17(14)18(24-27-15)13-6-2-1-5-12(13)11-22-20(26)23-16-9-4-10-28-16/h1-10H,11H2,(H2,21,25)(H2,22,23,26). The van der Waals surface area contributed by atoms with Crippen LogP contribution in [0.25, 0.3) is 22.2 Å². The number of aromatic nitrogens is 1. The van der Waals surface area contributed by atoms with Crippen molar-refractivity contribution < 1.29 is 14.1 Å². The van der Waals surface area contributed by atoms with Gasteiger partial charge in [0.05, 0.1) is 16.0 Å². The number of primary amides is 1. The average Bonchev–Trinajstić information content (AvgIpc) is 3.36. The summed E-state index contributed by atoms with van der Waals surface area (Å²) in [5, 5.41) is 13.0. The summed E-state index contributed by atoms with van der Waals surface area (Å²) in [6, 6.07) is 15.9. The van der Waals surface area contributed by atoms with Crippen LogP contribution in [-0.2, 0) is 6.54 Å². The van der Waals surface area contributed by atoms with Gasteiger partial charge in [-0.2, -0.15) is 0 Å². The molecular formula is C20H16N4O3S. The van der Waals surface area contributed by atoms with E-state index < -0.39 is 5.91 Å². The quantitative estimate of drug-likeness (QED) is 0.477. The number of hydrogen-bond donors (Lipinski definition) is 3. The molecular weight excluding hydrogens is 376 g/mol. The molecule has 0 saturated heterocycles. The van der Waals surface area contributed by atoms with E-state index in [2.05, 4.69) is 15.8 Å². The second kappa shape index (κ2) is 7.53. The van der Waals surface area contributed by atoms with Gasteiger partial charge in [-0.25, -0.2) is 4.79 Å². The Balaban J connectivity index is 1.64. The molecule has 4 aromatic rings. The van der Waals surface area contributed by atoms with Crippen LogP contribution >= 0.6 is 11.3 Å². The average molecular weight is 392 g/mol. The topological polar surface area (TPSA) is 110 Å². The SMILES string of the molecule is NC(=O)c1cccc2onc(-c3ccccc3CNC(=O)Nc3cccs3)c12. The van der Waals surface area contributed by atoms with E-state index in [9.17, 15) is 9.59 Å². The molecule has 2 heterocycles. The molecule has 0 saturated carbocycles. The molecule has 0 spiro atoms. The Bertz CT molecular complexity index is 1150. The van der Waals surface area contributed by atoms with Crippen molar-refractivity contribution >= 4 is 39.2 Å². The fourth-order valence-corrected chi connectivity index (χ4v) is 3.58. The highest BCUT2D eigenvalue weighted by Crippen LogP contribution is 2.32. The van der Waals surface area contributed by atoms with Crippen molar-refractivity contribution in [3.8, 4) is 11.3 Å². The number of carbonyl (C=O) groups excluding carboxylic acids is 2. The summed E-state index contributed by atoms with van der Waals surface area (Å²) in [5.74, 6) is -0.555. The van der Waals surface area contributed by atoms with Gasteiger partial charge in [-0.05, 0) is 35.2 Å². The lowest BCUT2D eigenvalue weighted by Crippen LogP contribution is -2.28. The van der Waals surface area contributed by atoms with Crippen molar-refractivity contribution in [3.63, 3.8) is 0 Å². The number of hydrogen-bond acceptors (Lipinski definition) is 5. The van der Waals surface area contributed by atoms with Gasteiger partial charge in [0.1, 0.15) is 5.69 Å². The second-order valence-electron chi connectivity index (χ2n) is 6.02. The lowest BCUT2D eigenvalue weighted by atomic mass is 9.99. The molecule has 28 heavy (non-hydrogen) atoms. The van der Waals surface area contributed by atoms with Crippen molar-refractivity contribution in [2.24, 2.45) is 5.73 Å². The third-order valence-corrected chi connectivity index (χ3v) is 5.02. The summed E-state index contributed by atoms with van der Waals surface area (Å²) < 4.78 is 5.39. The fourth-order valence-electron chi connectivity index (χ4n) is 2.97. The smallest absolute Gasteiger partial charge is 0.320 e. The molecule has 0 radical (unpaired) electrons. The van der Waals surface area contributed by atoms with Gasteiger partial charge < -0.3 is 15.6 Å². The third kappa shape index (κ3) is 3.45. The largest absolute Gasteiger partial charge is 0.366 e. The van der Waals surface area contributed by atoms with Gasteiger partial charge in [0.25, 0.3) is 0 Å². The molecule has 4 N–H and O–H groups in total. The van der Waals surface area contributed by atoms with E-state index >= 15 is 0 Å². The van der Waals surface area contributed by atoms with Crippen LogP contribution in [0.5, 0.6) is 0 Å². The molecule has 3 amide bonds. The number of nitrogens with two attached hydrogens (primary N) is 1. The number of carbonyl (C=O) groups is 2. The van der Waals surface area contributed by atoms with E-state index in [1.54, 1.807) is 18.2 Å². The highest BCUT2D eigenvalue weighted by atomic mass is 32.1. The first-order valence-electron chi connectivity index (χ1n) is 8.48. The van der Waals surface area contributed by atoms with Crippen molar-refractivity contribution in [3.05, 3.63) is 71.1 Å². The number of benzene rings is 2. The summed E-state index contributed by atoms with van der Waals surface area (Å²) in [6.45, 7) is 0.278. The lowest BCUT2D eigenvalue weighted by Gasteiger charge is -2.10. The Morgan fingerprint density at radius 2 is 1.93 bits per heavy atom. The zero-order chi connectivity index (χ0) is 19.5. The Morgan fingerprint density at radius 3 is 2.71 bits per heavy atom. The Morgan fingerprint density at radius 1 is 1.07 bits per heavy atom. The Kier molecular flexibility index (Phi) is 4.77. The molecule has 0 aliphatic carbocycles. The van der Waals surface area contributed by atoms with E-state index in [1.165, 1.54) is 11.3 Å². The van der Waals surface area contributed by atoms with Crippen LogP contribution in [-0.4, -0.2) is 17.1 Å². The molecule has 8 heteroatoms. The van der Waals surface area contributed by atoms with Crippen molar-refractivity contribution in [1.29, 1.82) is 0 Å². The summed E-state index contributed by atoms with van der Waals surface area (Å²) in [4.78, 5) is 24.0. The minimum Gasteiger partial charge on any atom is -0.366 e. The van der Waals surface area contributed by atoms with Gasteiger partial charge >= 0.3 is 6.03 Å². The van der Waals surface area contributed by atoms with Crippen molar-refractivity contribution in [1.82, 2.24) is 10.5 Å². The van der Waals surface area contributed by atoms with Crippen molar-refractivity contribution in [2.45, 2.75) is 6.54 Å². The molecule has 0 atom stereocenters. The molecule has 2 aromatic heterocycles. The predicted molar refractivity (Wildman–Crippen MR) is 108 cm³/mol. The van der Waals surface area contributed by atoms with E-state index in [0.29, 0.717) is 22.2 Å².